The fourth-order valence-electron chi connectivity index (χ4n) is 5.03. The van der Waals surface area contributed by atoms with Gasteiger partial charge in [-0.1, -0.05) is 123 Å². The highest BCUT2D eigenvalue weighted by Crippen LogP contribution is 2.18. The molecular weight excluding hydrogens is 600 g/mol. The second kappa shape index (κ2) is 33.9. The predicted octanol–water partition coefficient (Wildman–Crippen LogP) is 8.78. The topological polar surface area (TPSA) is 118 Å². The van der Waals surface area contributed by atoms with Gasteiger partial charge in [-0.15, -0.1) is 0 Å². The number of carbonyl (C=O) groups excluding carboxylic acids is 3. The summed E-state index contributed by atoms with van der Waals surface area (Å²) in [6, 6.07) is 0. The molecule has 2 unspecified atom stereocenters. The molecule has 1 N–H and O–H groups in total. The Kier molecular flexibility index (Phi) is 32.5. The van der Waals surface area contributed by atoms with Crippen molar-refractivity contribution in [2.75, 3.05) is 33.0 Å². The number of esters is 3. The molecule has 0 fully saturated rings. The number of aliphatic hydroxyl groups excluding tert-OH is 1. The van der Waals surface area contributed by atoms with Crippen LogP contribution in [0.15, 0.2) is 12.2 Å². The van der Waals surface area contributed by atoms with Gasteiger partial charge in [0.05, 0.1) is 26.1 Å². The van der Waals surface area contributed by atoms with Crippen LogP contribution in [-0.4, -0.2) is 68.4 Å². The van der Waals surface area contributed by atoms with Gasteiger partial charge in [0.1, 0.15) is 18.6 Å². The van der Waals surface area contributed by atoms with Gasteiger partial charge < -0.3 is 28.8 Å². The van der Waals surface area contributed by atoms with Gasteiger partial charge in [0.2, 0.25) is 0 Å². The van der Waals surface area contributed by atoms with E-state index in [1.165, 1.54) is 64.2 Å². The Hall–Kier alpha value is -1.97. The number of carbonyl (C=O) groups is 3. The SMILES string of the molecule is CCCCCC/C=C\COC(=O)C(CO)C(CC(=O)OCCC)OC(=O)CCC(OCCCCCCCC)OCCCCCCCC. The summed E-state index contributed by atoms with van der Waals surface area (Å²) in [5.41, 5.74) is 0. The van der Waals surface area contributed by atoms with E-state index in [1.54, 1.807) is 6.08 Å². The van der Waals surface area contributed by atoms with Crippen LogP contribution < -0.4 is 0 Å². The smallest absolute Gasteiger partial charge is 0.315 e. The van der Waals surface area contributed by atoms with Crippen molar-refractivity contribution in [1.29, 1.82) is 0 Å². The van der Waals surface area contributed by atoms with Gasteiger partial charge in [-0.3, -0.25) is 14.4 Å². The van der Waals surface area contributed by atoms with Crippen molar-refractivity contribution in [2.45, 2.75) is 175 Å². The second-order valence-electron chi connectivity index (χ2n) is 12.4. The van der Waals surface area contributed by atoms with Crippen LogP contribution in [0.1, 0.15) is 163 Å². The summed E-state index contributed by atoms with van der Waals surface area (Å²) in [7, 11) is 0. The van der Waals surface area contributed by atoms with Crippen molar-refractivity contribution in [2.24, 2.45) is 5.92 Å². The molecule has 0 aromatic heterocycles. The first-order valence-corrected chi connectivity index (χ1v) is 18.9. The Morgan fingerprint density at radius 2 is 1.17 bits per heavy atom. The highest BCUT2D eigenvalue weighted by Gasteiger charge is 2.34. The maximum Gasteiger partial charge on any atom is 0.315 e. The lowest BCUT2D eigenvalue weighted by atomic mass is 10.0. The van der Waals surface area contributed by atoms with Crippen LogP contribution in [-0.2, 0) is 38.1 Å². The van der Waals surface area contributed by atoms with Crippen LogP contribution in [0.4, 0.5) is 0 Å². The van der Waals surface area contributed by atoms with Crippen molar-refractivity contribution in [3.63, 3.8) is 0 Å². The van der Waals surface area contributed by atoms with Gasteiger partial charge in [-0.05, 0) is 32.1 Å². The third kappa shape index (κ3) is 27.7. The summed E-state index contributed by atoms with van der Waals surface area (Å²) < 4.78 is 28.2. The Balaban J connectivity index is 5.14. The molecule has 0 aromatic rings. The number of rotatable bonds is 34. The van der Waals surface area contributed by atoms with E-state index < -0.39 is 42.8 Å². The Labute approximate surface area is 286 Å². The molecule has 0 aliphatic carbocycles. The molecule has 0 saturated heterocycles. The van der Waals surface area contributed by atoms with Crippen LogP contribution in [0, 0.1) is 5.92 Å². The second-order valence-corrected chi connectivity index (χ2v) is 12.4. The van der Waals surface area contributed by atoms with Gasteiger partial charge in [-0.25, -0.2) is 0 Å². The van der Waals surface area contributed by atoms with Gasteiger partial charge >= 0.3 is 17.9 Å². The number of aliphatic hydroxyl groups is 1. The van der Waals surface area contributed by atoms with Crippen LogP contribution >= 0.6 is 0 Å². The maximum atomic E-state index is 13.0. The molecule has 0 rings (SSSR count). The lowest BCUT2D eigenvalue weighted by Gasteiger charge is -2.24. The molecule has 0 radical (unpaired) electrons. The summed E-state index contributed by atoms with van der Waals surface area (Å²) in [4.78, 5) is 38.4. The summed E-state index contributed by atoms with van der Waals surface area (Å²) >= 11 is 0. The molecule has 9 nitrogen and oxygen atoms in total. The van der Waals surface area contributed by atoms with Gasteiger partial charge in [0.15, 0.2) is 6.29 Å². The Morgan fingerprint density at radius 3 is 1.72 bits per heavy atom. The molecule has 9 heteroatoms. The summed E-state index contributed by atoms with van der Waals surface area (Å²) in [5, 5.41) is 10.1. The zero-order valence-electron chi connectivity index (χ0n) is 30.5. The number of hydrogen-bond donors (Lipinski definition) is 1. The lowest BCUT2D eigenvalue weighted by Crippen LogP contribution is -2.38. The molecule has 2 atom stereocenters. The molecule has 276 valence electrons. The molecule has 0 aliphatic rings. The fraction of sp³-hybridized carbons (Fsp3) is 0.868. The molecule has 0 aliphatic heterocycles. The van der Waals surface area contributed by atoms with E-state index in [9.17, 15) is 19.5 Å². The quantitative estimate of drug-likeness (QED) is 0.0236. The van der Waals surface area contributed by atoms with Gasteiger partial charge in [0.25, 0.3) is 0 Å². The highest BCUT2D eigenvalue weighted by atomic mass is 16.7. The monoisotopic (exact) mass is 671 g/mol. The first-order chi connectivity index (χ1) is 22.9. The summed E-state index contributed by atoms with van der Waals surface area (Å²) in [6.07, 6.45) is 21.8. The zero-order chi connectivity index (χ0) is 34.8. The average Bonchev–Trinajstić information content (AvgIpc) is 3.06. The molecule has 0 heterocycles. The highest BCUT2D eigenvalue weighted by molar-refractivity contribution is 5.77. The Bertz CT molecular complexity index is 752. The minimum absolute atomic E-state index is 0.0217. The first-order valence-electron chi connectivity index (χ1n) is 18.9. The van der Waals surface area contributed by atoms with Crippen molar-refractivity contribution in [3.05, 3.63) is 12.2 Å². The molecular formula is C38H70O9. The normalized spacial score (nSPS) is 12.8. The van der Waals surface area contributed by atoms with Crippen molar-refractivity contribution in [1.82, 2.24) is 0 Å². The molecule has 0 aromatic carbocycles. The van der Waals surface area contributed by atoms with E-state index in [2.05, 4.69) is 20.8 Å². The minimum Gasteiger partial charge on any atom is -0.466 e. The molecule has 47 heavy (non-hydrogen) atoms. The fourth-order valence-corrected chi connectivity index (χ4v) is 5.03. The molecule has 0 spiro atoms. The molecule has 0 saturated carbocycles. The average molecular weight is 671 g/mol. The van der Waals surface area contributed by atoms with E-state index in [0.717, 1.165) is 44.9 Å². The largest absolute Gasteiger partial charge is 0.466 e. The third-order valence-corrected chi connectivity index (χ3v) is 7.97. The van der Waals surface area contributed by atoms with Crippen LogP contribution in [0.2, 0.25) is 0 Å². The van der Waals surface area contributed by atoms with Crippen LogP contribution in [0.25, 0.3) is 0 Å². The molecule has 0 bridgehead atoms. The lowest BCUT2D eigenvalue weighted by molar-refractivity contribution is -0.172. The number of allylic oxidation sites excluding steroid dienone is 1. The van der Waals surface area contributed by atoms with Gasteiger partial charge in [-0.2, -0.15) is 0 Å². The van der Waals surface area contributed by atoms with E-state index in [-0.39, 0.29) is 32.5 Å². The summed E-state index contributed by atoms with van der Waals surface area (Å²) in [5.74, 6) is -3.15. The molecule has 0 amide bonds. The minimum atomic E-state index is -1.21. The number of unbranched alkanes of at least 4 members (excludes halogenated alkanes) is 14. The standard InChI is InChI=1S/C38H70O9/c1-5-9-12-15-18-21-24-30-46-38(42)33(32-39)34(31-36(41)43-27-8-4)47-35(40)25-26-37(44-28-22-19-16-13-10-6-2)45-29-23-20-17-14-11-7-3/h21,24,33-34,37,39H,5-20,22-23,25-32H2,1-4H3/b24-21-. The predicted molar refractivity (Wildman–Crippen MR) is 187 cm³/mol. The first kappa shape index (κ1) is 45.0. The van der Waals surface area contributed by atoms with E-state index in [1.807, 2.05) is 13.0 Å². The number of hydrogen-bond acceptors (Lipinski definition) is 9. The van der Waals surface area contributed by atoms with Crippen molar-refractivity contribution in [3.8, 4) is 0 Å². The van der Waals surface area contributed by atoms with Crippen molar-refractivity contribution < 1.29 is 43.2 Å². The Morgan fingerprint density at radius 1 is 0.617 bits per heavy atom. The van der Waals surface area contributed by atoms with Gasteiger partial charge in [0, 0.05) is 19.6 Å². The van der Waals surface area contributed by atoms with E-state index in [0.29, 0.717) is 19.6 Å². The van der Waals surface area contributed by atoms with Crippen molar-refractivity contribution >= 4 is 17.9 Å². The van der Waals surface area contributed by atoms with E-state index >= 15 is 0 Å². The maximum absolute atomic E-state index is 13.0. The third-order valence-electron chi connectivity index (χ3n) is 7.97. The van der Waals surface area contributed by atoms with Crippen LogP contribution in [0.5, 0.6) is 0 Å². The van der Waals surface area contributed by atoms with Crippen LogP contribution in [0.3, 0.4) is 0 Å². The zero-order valence-corrected chi connectivity index (χ0v) is 30.5. The number of ether oxygens (including phenoxy) is 5. The van der Waals surface area contributed by atoms with E-state index in [4.69, 9.17) is 23.7 Å². The summed E-state index contributed by atoms with van der Waals surface area (Å²) in [6.45, 7) is 9.16.